The molecule has 0 aliphatic heterocycles. The Balaban J connectivity index is 3.12. The smallest absolute Gasteiger partial charge is 0.328 e. The van der Waals surface area contributed by atoms with Crippen LogP contribution in [0.1, 0.15) is 12.5 Å². The molecule has 4 nitrogen and oxygen atoms in total. The molecule has 1 aromatic carbocycles. The van der Waals surface area contributed by atoms with E-state index < -0.39 is 5.97 Å². The van der Waals surface area contributed by atoms with E-state index in [1.165, 1.54) is 6.08 Å². The van der Waals surface area contributed by atoms with Crippen LogP contribution in [0, 0.1) is 0 Å². The van der Waals surface area contributed by atoms with Crippen molar-refractivity contribution in [2.24, 2.45) is 0 Å². The van der Waals surface area contributed by atoms with Crippen molar-refractivity contribution < 1.29 is 14.6 Å². The number of methoxy groups -OCH3 is 1. The average molecular weight is 284 g/mol. The molecule has 0 amide bonds. The van der Waals surface area contributed by atoms with Gasteiger partial charge in [0.15, 0.2) is 0 Å². The lowest BCUT2D eigenvalue weighted by atomic mass is 10.1. The summed E-state index contributed by atoms with van der Waals surface area (Å²) in [6.07, 6.45) is 2.59. The van der Waals surface area contributed by atoms with Crippen LogP contribution in [0.2, 0.25) is 5.02 Å². The van der Waals surface area contributed by atoms with Crippen LogP contribution < -0.4 is 4.90 Å². The van der Waals surface area contributed by atoms with E-state index in [0.29, 0.717) is 17.2 Å². The summed E-state index contributed by atoms with van der Waals surface area (Å²) in [5, 5.41) is 9.24. The molecule has 0 aromatic heterocycles. The lowest BCUT2D eigenvalue weighted by Gasteiger charge is -2.28. The zero-order valence-electron chi connectivity index (χ0n) is 11.3. The van der Waals surface area contributed by atoms with E-state index in [1.54, 1.807) is 13.2 Å². The number of carbonyl (C=O) groups is 1. The van der Waals surface area contributed by atoms with Gasteiger partial charge < -0.3 is 14.7 Å². The Labute approximate surface area is 118 Å². The molecule has 0 radical (unpaired) electrons. The van der Waals surface area contributed by atoms with Crippen molar-refractivity contribution in [3.8, 4) is 0 Å². The van der Waals surface area contributed by atoms with Gasteiger partial charge in [-0.1, -0.05) is 17.7 Å². The fraction of sp³-hybridized carbons (Fsp3) is 0.357. The number of carboxylic acids is 1. The summed E-state index contributed by atoms with van der Waals surface area (Å²) in [5.74, 6) is -1.00. The minimum atomic E-state index is -1.00. The van der Waals surface area contributed by atoms with Crippen molar-refractivity contribution >= 4 is 29.3 Å². The summed E-state index contributed by atoms with van der Waals surface area (Å²) in [5.41, 5.74) is 1.56. The van der Waals surface area contributed by atoms with Gasteiger partial charge in [-0.05, 0) is 25.1 Å². The molecule has 0 saturated heterocycles. The SMILES string of the molecule is COCC(C)N(C)c1cccc(Cl)c1C=CC(=O)O. The normalized spacial score (nSPS) is 12.6. The number of aliphatic carboxylic acids is 1. The maximum atomic E-state index is 10.6. The van der Waals surface area contributed by atoms with E-state index in [-0.39, 0.29) is 6.04 Å². The zero-order valence-corrected chi connectivity index (χ0v) is 12.0. The molecule has 0 fully saturated rings. The Bertz CT molecular complexity index is 474. The van der Waals surface area contributed by atoms with Gasteiger partial charge in [0, 0.05) is 42.5 Å². The minimum absolute atomic E-state index is 0.153. The number of anilines is 1. The van der Waals surface area contributed by atoms with Crippen LogP contribution in [-0.4, -0.2) is 37.9 Å². The highest BCUT2D eigenvalue weighted by molar-refractivity contribution is 6.32. The molecule has 1 atom stereocenters. The maximum absolute atomic E-state index is 10.6. The van der Waals surface area contributed by atoms with Gasteiger partial charge in [0.25, 0.3) is 0 Å². The predicted molar refractivity (Wildman–Crippen MR) is 77.9 cm³/mol. The molecule has 1 N–H and O–H groups in total. The Morgan fingerprint density at radius 2 is 2.26 bits per heavy atom. The van der Waals surface area contributed by atoms with Crippen LogP contribution in [0.5, 0.6) is 0 Å². The van der Waals surface area contributed by atoms with Gasteiger partial charge in [0.1, 0.15) is 0 Å². The van der Waals surface area contributed by atoms with Crippen LogP contribution in [0.25, 0.3) is 6.08 Å². The lowest BCUT2D eigenvalue weighted by molar-refractivity contribution is -0.131. The molecule has 0 saturated carbocycles. The van der Waals surface area contributed by atoms with Crippen LogP contribution in [0.4, 0.5) is 5.69 Å². The van der Waals surface area contributed by atoms with Crippen molar-refractivity contribution in [2.75, 3.05) is 25.7 Å². The standard InChI is InChI=1S/C14H18ClNO3/c1-10(9-19-3)16(2)13-6-4-5-12(15)11(13)7-8-14(17)18/h4-8,10H,9H2,1-3H3,(H,17,18). The number of benzene rings is 1. The van der Waals surface area contributed by atoms with Gasteiger partial charge in [-0.2, -0.15) is 0 Å². The van der Waals surface area contributed by atoms with E-state index >= 15 is 0 Å². The number of hydrogen-bond acceptors (Lipinski definition) is 3. The first-order chi connectivity index (χ1) is 8.97. The van der Waals surface area contributed by atoms with E-state index in [0.717, 1.165) is 11.8 Å². The first-order valence-electron chi connectivity index (χ1n) is 5.88. The fourth-order valence-electron chi connectivity index (χ4n) is 1.74. The first-order valence-corrected chi connectivity index (χ1v) is 6.26. The van der Waals surface area contributed by atoms with E-state index in [2.05, 4.69) is 0 Å². The van der Waals surface area contributed by atoms with Crippen LogP contribution in [0.3, 0.4) is 0 Å². The number of carboxylic acid groups (broad SMARTS) is 1. The van der Waals surface area contributed by atoms with E-state index in [4.69, 9.17) is 21.4 Å². The van der Waals surface area contributed by atoms with Crippen molar-refractivity contribution in [3.63, 3.8) is 0 Å². The van der Waals surface area contributed by atoms with Gasteiger partial charge >= 0.3 is 5.97 Å². The van der Waals surface area contributed by atoms with Crippen molar-refractivity contribution in [3.05, 3.63) is 34.9 Å². The van der Waals surface area contributed by atoms with Gasteiger partial charge in [0.05, 0.1) is 6.61 Å². The Morgan fingerprint density at radius 3 is 2.84 bits per heavy atom. The van der Waals surface area contributed by atoms with Crippen LogP contribution in [-0.2, 0) is 9.53 Å². The number of rotatable bonds is 6. The molecule has 0 aliphatic carbocycles. The fourth-order valence-corrected chi connectivity index (χ4v) is 1.98. The van der Waals surface area contributed by atoms with Crippen molar-refractivity contribution in [1.82, 2.24) is 0 Å². The molecule has 5 heteroatoms. The predicted octanol–water partition coefficient (Wildman–Crippen LogP) is 2.91. The van der Waals surface area contributed by atoms with E-state index in [9.17, 15) is 4.79 Å². The molecule has 1 unspecified atom stereocenters. The second-order valence-electron chi connectivity index (χ2n) is 4.26. The zero-order chi connectivity index (χ0) is 14.4. The van der Waals surface area contributed by atoms with Crippen molar-refractivity contribution in [2.45, 2.75) is 13.0 Å². The highest BCUT2D eigenvalue weighted by Crippen LogP contribution is 2.29. The number of likely N-dealkylation sites (N-methyl/N-ethyl adjacent to an activating group) is 1. The molecule has 104 valence electrons. The molecule has 0 heterocycles. The highest BCUT2D eigenvalue weighted by Gasteiger charge is 2.14. The average Bonchev–Trinajstić information content (AvgIpc) is 2.36. The summed E-state index contributed by atoms with van der Waals surface area (Å²) in [6.45, 7) is 2.60. The summed E-state index contributed by atoms with van der Waals surface area (Å²) in [4.78, 5) is 12.6. The number of hydrogen-bond donors (Lipinski definition) is 1. The van der Waals surface area contributed by atoms with Gasteiger partial charge in [0.2, 0.25) is 0 Å². The number of ether oxygens (including phenoxy) is 1. The van der Waals surface area contributed by atoms with Gasteiger partial charge in [-0.15, -0.1) is 0 Å². The quantitative estimate of drug-likeness (QED) is 0.816. The summed E-state index contributed by atoms with van der Waals surface area (Å²) in [7, 11) is 3.57. The summed E-state index contributed by atoms with van der Waals surface area (Å²) in [6, 6.07) is 5.63. The maximum Gasteiger partial charge on any atom is 0.328 e. The third kappa shape index (κ3) is 4.26. The molecule has 0 bridgehead atoms. The Hall–Kier alpha value is -1.52. The first kappa shape index (κ1) is 15.5. The van der Waals surface area contributed by atoms with Crippen molar-refractivity contribution in [1.29, 1.82) is 0 Å². The second-order valence-corrected chi connectivity index (χ2v) is 4.67. The van der Waals surface area contributed by atoms with Gasteiger partial charge in [-0.25, -0.2) is 4.79 Å². The molecular formula is C14H18ClNO3. The number of nitrogens with zero attached hydrogens (tertiary/aromatic N) is 1. The van der Waals surface area contributed by atoms with Gasteiger partial charge in [-0.3, -0.25) is 0 Å². The molecule has 1 aromatic rings. The third-order valence-corrected chi connectivity index (χ3v) is 3.20. The Morgan fingerprint density at radius 1 is 1.58 bits per heavy atom. The third-order valence-electron chi connectivity index (χ3n) is 2.87. The van der Waals surface area contributed by atoms with Crippen LogP contribution >= 0.6 is 11.6 Å². The summed E-state index contributed by atoms with van der Waals surface area (Å²) < 4.78 is 5.13. The minimum Gasteiger partial charge on any atom is -0.478 e. The molecular weight excluding hydrogens is 266 g/mol. The molecule has 19 heavy (non-hydrogen) atoms. The Kier molecular flexibility index (Phi) is 5.86. The van der Waals surface area contributed by atoms with E-state index in [1.807, 2.05) is 31.0 Å². The molecule has 0 spiro atoms. The second kappa shape index (κ2) is 7.16. The summed E-state index contributed by atoms with van der Waals surface area (Å²) >= 11 is 6.14. The molecule has 0 aliphatic rings. The lowest BCUT2D eigenvalue weighted by Crippen LogP contribution is -2.33. The monoisotopic (exact) mass is 283 g/mol. The van der Waals surface area contributed by atoms with Crippen LogP contribution in [0.15, 0.2) is 24.3 Å². The topological polar surface area (TPSA) is 49.8 Å². The molecule has 1 rings (SSSR count). The largest absolute Gasteiger partial charge is 0.478 e. The number of halogens is 1. The highest BCUT2D eigenvalue weighted by atomic mass is 35.5.